The largest absolute Gasteiger partial charge is 0.383 e. The summed E-state index contributed by atoms with van der Waals surface area (Å²) in [4.78, 5) is 2.42. The molecule has 0 saturated heterocycles. The SMILES string of the molecule is CCCCCCNCCN(CC)CCOC. The quantitative estimate of drug-likeness (QED) is 0.520. The number of nitrogens with zero attached hydrogens (tertiary/aromatic N) is 1. The third kappa shape index (κ3) is 10.4. The zero-order valence-electron chi connectivity index (χ0n) is 11.4. The van der Waals surface area contributed by atoms with E-state index in [4.69, 9.17) is 4.74 Å². The van der Waals surface area contributed by atoms with Gasteiger partial charge in [0.25, 0.3) is 0 Å². The Kier molecular flexibility index (Phi) is 12.9. The molecule has 0 saturated carbocycles. The first kappa shape index (κ1) is 15.9. The Morgan fingerprint density at radius 1 is 1.00 bits per heavy atom. The van der Waals surface area contributed by atoms with Gasteiger partial charge in [0.15, 0.2) is 0 Å². The van der Waals surface area contributed by atoms with Crippen molar-refractivity contribution in [3.05, 3.63) is 0 Å². The maximum absolute atomic E-state index is 5.08. The fourth-order valence-electron chi connectivity index (χ4n) is 1.69. The zero-order chi connectivity index (χ0) is 12.1. The van der Waals surface area contributed by atoms with E-state index in [0.29, 0.717) is 0 Å². The highest BCUT2D eigenvalue weighted by Gasteiger charge is 2.00. The first-order chi connectivity index (χ1) is 7.85. The van der Waals surface area contributed by atoms with Crippen LogP contribution in [0.2, 0.25) is 0 Å². The number of methoxy groups -OCH3 is 1. The van der Waals surface area contributed by atoms with Crippen molar-refractivity contribution in [2.24, 2.45) is 0 Å². The van der Waals surface area contributed by atoms with Crippen LogP contribution < -0.4 is 5.32 Å². The lowest BCUT2D eigenvalue weighted by molar-refractivity contribution is 0.151. The van der Waals surface area contributed by atoms with Crippen LogP contribution in [-0.2, 0) is 4.74 Å². The van der Waals surface area contributed by atoms with Crippen molar-refractivity contribution in [2.75, 3.05) is 46.4 Å². The third-order valence-corrected chi connectivity index (χ3v) is 2.87. The summed E-state index contributed by atoms with van der Waals surface area (Å²) in [6.45, 7) is 10.9. The predicted molar refractivity (Wildman–Crippen MR) is 71.0 cm³/mol. The van der Waals surface area contributed by atoms with E-state index in [1.165, 1.54) is 32.2 Å². The van der Waals surface area contributed by atoms with Crippen LogP contribution in [0.1, 0.15) is 39.5 Å². The molecule has 0 atom stereocenters. The van der Waals surface area contributed by atoms with Gasteiger partial charge in [0.1, 0.15) is 0 Å². The summed E-state index contributed by atoms with van der Waals surface area (Å²) in [5.41, 5.74) is 0. The lowest BCUT2D eigenvalue weighted by Crippen LogP contribution is -2.34. The molecule has 98 valence electrons. The van der Waals surface area contributed by atoms with Crippen LogP contribution in [0.4, 0.5) is 0 Å². The number of unbranched alkanes of at least 4 members (excludes halogenated alkanes) is 3. The van der Waals surface area contributed by atoms with E-state index >= 15 is 0 Å². The van der Waals surface area contributed by atoms with Crippen LogP contribution in [0.5, 0.6) is 0 Å². The van der Waals surface area contributed by atoms with Gasteiger partial charge >= 0.3 is 0 Å². The Labute approximate surface area is 102 Å². The van der Waals surface area contributed by atoms with E-state index in [1.807, 2.05) is 0 Å². The van der Waals surface area contributed by atoms with E-state index in [-0.39, 0.29) is 0 Å². The zero-order valence-corrected chi connectivity index (χ0v) is 11.4. The van der Waals surface area contributed by atoms with Crippen LogP contribution in [0.15, 0.2) is 0 Å². The smallest absolute Gasteiger partial charge is 0.0589 e. The molecule has 0 aliphatic carbocycles. The second-order valence-corrected chi connectivity index (χ2v) is 4.24. The highest BCUT2D eigenvalue weighted by atomic mass is 16.5. The number of nitrogens with one attached hydrogen (secondary N) is 1. The maximum Gasteiger partial charge on any atom is 0.0589 e. The topological polar surface area (TPSA) is 24.5 Å². The molecule has 0 aromatic heterocycles. The van der Waals surface area contributed by atoms with Gasteiger partial charge in [-0.15, -0.1) is 0 Å². The summed E-state index contributed by atoms with van der Waals surface area (Å²) < 4.78 is 5.08. The number of rotatable bonds is 12. The molecule has 0 aliphatic rings. The fourth-order valence-corrected chi connectivity index (χ4v) is 1.69. The van der Waals surface area contributed by atoms with Crippen LogP contribution in [-0.4, -0.2) is 51.3 Å². The number of hydrogen-bond acceptors (Lipinski definition) is 3. The molecule has 3 heteroatoms. The normalized spacial score (nSPS) is 11.2. The molecular weight excluding hydrogens is 200 g/mol. The van der Waals surface area contributed by atoms with Crippen molar-refractivity contribution < 1.29 is 4.74 Å². The predicted octanol–water partition coefficient (Wildman–Crippen LogP) is 2.12. The Bertz CT molecular complexity index is 131. The Morgan fingerprint density at radius 3 is 2.44 bits per heavy atom. The van der Waals surface area contributed by atoms with Gasteiger partial charge in [0.2, 0.25) is 0 Å². The summed E-state index contributed by atoms with van der Waals surface area (Å²) in [6.07, 6.45) is 5.37. The highest BCUT2D eigenvalue weighted by molar-refractivity contribution is 4.57. The minimum Gasteiger partial charge on any atom is -0.383 e. The Hall–Kier alpha value is -0.120. The van der Waals surface area contributed by atoms with Crippen molar-refractivity contribution >= 4 is 0 Å². The summed E-state index contributed by atoms with van der Waals surface area (Å²) >= 11 is 0. The molecule has 0 amide bonds. The van der Waals surface area contributed by atoms with E-state index in [0.717, 1.165) is 32.8 Å². The second kappa shape index (κ2) is 12.9. The van der Waals surface area contributed by atoms with Gasteiger partial charge in [-0.2, -0.15) is 0 Å². The van der Waals surface area contributed by atoms with Gasteiger partial charge < -0.3 is 15.0 Å². The summed E-state index contributed by atoms with van der Waals surface area (Å²) in [7, 11) is 1.76. The van der Waals surface area contributed by atoms with Gasteiger partial charge in [-0.3, -0.25) is 0 Å². The lowest BCUT2D eigenvalue weighted by atomic mass is 10.2. The van der Waals surface area contributed by atoms with Gasteiger partial charge in [0, 0.05) is 26.7 Å². The molecule has 0 bridgehead atoms. The fraction of sp³-hybridized carbons (Fsp3) is 1.00. The third-order valence-electron chi connectivity index (χ3n) is 2.87. The summed E-state index contributed by atoms with van der Waals surface area (Å²) in [5.74, 6) is 0. The van der Waals surface area contributed by atoms with Crippen molar-refractivity contribution in [1.82, 2.24) is 10.2 Å². The minimum absolute atomic E-state index is 0.838. The van der Waals surface area contributed by atoms with E-state index in [2.05, 4.69) is 24.1 Å². The van der Waals surface area contributed by atoms with Crippen molar-refractivity contribution in [2.45, 2.75) is 39.5 Å². The number of ether oxygens (including phenoxy) is 1. The Morgan fingerprint density at radius 2 is 1.81 bits per heavy atom. The molecule has 3 nitrogen and oxygen atoms in total. The monoisotopic (exact) mass is 230 g/mol. The van der Waals surface area contributed by atoms with Crippen LogP contribution in [0.3, 0.4) is 0 Å². The molecule has 0 radical (unpaired) electrons. The molecule has 0 spiro atoms. The molecule has 1 N–H and O–H groups in total. The molecule has 0 rings (SSSR count). The first-order valence-electron chi connectivity index (χ1n) is 6.77. The van der Waals surface area contributed by atoms with Gasteiger partial charge in [-0.1, -0.05) is 33.1 Å². The minimum atomic E-state index is 0.838. The number of likely N-dealkylation sites (N-methyl/N-ethyl adjacent to an activating group) is 1. The van der Waals surface area contributed by atoms with E-state index in [9.17, 15) is 0 Å². The average molecular weight is 230 g/mol. The summed E-state index contributed by atoms with van der Waals surface area (Å²) in [5, 5.41) is 3.50. The molecule has 16 heavy (non-hydrogen) atoms. The molecule has 0 aromatic carbocycles. The molecular formula is C13H30N2O. The van der Waals surface area contributed by atoms with Crippen molar-refractivity contribution in [3.8, 4) is 0 Å². The lowest BCUT2D eigenvalue weighted by Gasteiger charge is -2.19. The average Bonchev–Trinajstić information content (AvgIpc) is 2.32. The van der Waals surface area contributed by atoms with Gasteiger partial charge in [-0.25, -0.2) is 0 Å². The number of hydrogen-bond donors (Lipinski definition) is 1. The first-order valence-corrected chi connectivity index (χ1v) is 6.77. The maximum atomic E-state index is 5.08. The molecule has 0 unspecified atom stereocenters. The van der Waals surface area contributed by atoms with Gasteiger partial charge in [0.05, 0.1) is 6.61 Å². The standard InChI is InChI=1S/C13H30N2O/c1-4-6-7-8-9-14-10-11-15(5-2)12-13-16-3/h14H,4-13H2,1-3H3. The van der Waals surface area contributed by atoms with E-state index in [1.54, 1.807) is 7.11 Å². The molecule has 0 aliphatic heterocycles. The molecule has 0 fully saturated rings. The van der Waals surface area contributed by atoms with Gasteiger partial charge in [-0.05, 0) is 19.5 Å². The van der Waals surface area contributed by atoms with E-state index < -0.39 is 0 Å². The van der Waals surface area contributed by atoms with Crippen LogP contribution in [0.25, 0.3) is 0 Å². The molecule has 0 heterocycles. The Balaban J connectivity index is 3.20. The summed E-state index contributed by atoms with van der Waals surface area (Å²) in [6, 6.07) is 0. The second-order valence-electron chi connectivity index (χ2n) is 4.24. The van der Waals surface area contributed by atoms with Crippen LogP contribution >= 0.6 is 0 Å². The van der Waals surface area contributed by atoms with Crippen molar-refractivity contribution in [1.29, 1.82) is 0 Å². The highest BCUT2D eigenvalue weighted by Crippen LogP contribution is 1.96. The van der Waals surface area contributed by atoms with Crippen LogP contribution in [0, 0.1) is 0 Å². The van der Waals surface area contributed by atoms with Crippen molar-refractivity contribution in [3.63, 3.8) is 0 Å². The molecule has 0 aromatic rings.